The third kappa shape index (κ3) is 3.45. The Balaban J connectivity index is 1.61. The van der Waals surface area contributed by atoms with Gasteiger partial charge >= 0.3 is 0 Å². The first-order valence-corrected chi connectivity index (χ1v) is 6.48. The van der Waals surface area contributed by atoms with E-state index in [1.807, 2.05) is 37.3 Å². The normalized spacial score (nSPS) is 26.7. The average Bonchev–Trinajstić information content (AvgIpc) is 2.41. The van der Waals surface area contributed by atoms with Crippen LogP contribution in [0.4, 0.5) is 0 Å². The van der Waals surface area contributed by atoms with E-state index in [1.165, 1.54) is 0 Å². The number of rotatable bonds is 7. The molecule has 4 heteroatoms. The molecule has 0 aromatic heterocycles. The molecule has 0 heterocycles. The molecule has 3 atom stereocenters. The molecule has 0 bridgehead atoms. The van der Waals surface area contributed by atoms with Gasteiger partial charge in [-0.3, -0.25) is 0 Å². The minimum atomic E-state index is 0.0479. The summed E-state index contributed by atoms with van der Waals surface area (Å²) in [5, 5.41) is 0. The zero-order valence-corrected chi connectivity index (χ0v) is 10.7. The summed E-state index contributed by atoms with van der Waals surface area (Å²) in [5.74, 6) is 0.868. The maximum atomic E-state index is 5.86. The lowest BCUT2D eigenvalue weighted by Crippen LogP contribution is -2.58. The molecular formula is C14H21NO3. The third-order valence-corrected chi connectivity index (χ3v) is 3.08. The predicted molar refractivity (Wildman–Crippen MR) is 69.7 cm³/mol. The summed E-state index contributed by atoms with van der Waals surface area (Å²) in [6.07, 6.45) is 1.04. The van der Waals surface area contributed by atoms with Crippen molar-refractivity contribution < 1.29 is 14.2 Å². The van der Waals surface area contributed by atoms with Crippen LogP contribution in [0.5, 0.6) is 5.75 Å². The summed E-state index contributed by atoms with van der Waals surface area (Å²) in [5.41, 5.74) is 5.86. The summed E-state index contributed by atoms with van der Waals surface area (Å²) in [6, 6.07) is 9.85. The molecule has 2 rings (SSSR count). The Kier molecular flexibility index (Phi) is 4.99. The Hall–Kier alpha value is -1.10. The number of benzene rings is 1. The number of para-hydroxylation sites is 1. The smallest absolute Gasteiger partial charge is 0.119 e. The quantitative estimate of drug-likeness (QED) is 0.748. The zero-order valence-electron chi connectivity index (χ0n) is 10.7. The van der Waals surface area contributed by atoms with Crippen LogP contribution in [-0.4, -0.2) is 38.1 Å². The Morgan fingerprint density at radius 2 is 1.94 bits per heavy atom. The van der Waals surface area contributed by atoms with Crippen molar-refractivity contribution in [2.45, 2.75) is 31.6 Å². The summed E-state index contributed by atoms with van der Waals surface area (Å²) in [7, 11) is 0. The number of hydrogen-bond acceptors (Lipinski definition) is 4. The van der Waals surface area contributed by atoms with Gasteiger partial charge in [-0.05, 0) is 25.5 Å². The second-order valence-electron chi connectivity index (χ2n) is 4.39. The standard InChI is InChI=1S/C14H21NO3/c1-2-16-14-12(15)10-13(14)18-9-8-17-11-6-4-3-5-7-11/h3-7,12-14H,2,8-10,15H2,1H3. The summed E-state index contributed by atoms with van der Waals surface area (Å²) >= 11 is 0. The number of nitrogens with two attached hydrogens (primary N) is 1. The lowest BCUT2D eigenvalue weighted by atomic mass is 9.86. The molecule has 1 aromatic rings. The van der Waals surface area contributed by atoms with Crippen molar-refractivity contribution in [2.24, 2.45) is 5.73 Å². The van der Waals surface area contributed by atoms with Gasteiger partial charge in [0, 0.05) is 12.6 Å². The molecule has 0 aliphatic heterocycles. The highest BCUT2D eigenvalue weighted by Gasteiger charge is 2.40. The van der Waals surface area contributed by atoms with Crippen molar-refractivity contribution in [2.75, 3.05) is 19.8 Å². The van der Waals surface area contributed by atoms with Crippen LogP contribution in [0, 0.1) is 0 Å². The lowest BCUT2D eigenvalue weighted by Gasteiger charge is -2.41. The molecule has 0 spiro atoms. The first kappa shape index (κ1) is 13.3. The monoisotopic (exact) mass is 251 g/mol. The summed E-state index contributed by atoms with van der Waals surface area (Å²) in [6.45, 7) is 3.77. The van der Waals surface area contributed by atoms with Crippen molar-refractivity contribution in [3.63, 3.8) is 0 Å². The van der Waals surface area contributed by atoms with Crippen LogP contribution in [-0.2, 0) is 9.47 Å². The minimum absolute atomic E-state index is 0.0479. The third-order valence-electron chi connectivity index (χ3n) is 3.08. The van der Waals surface area contributed by atoms with E-state index in [4.69, 9.17) is 19.9 Å². The molecule has 1 aromatic carbocycles. The maximum Gasteiger partial charge on any atom is 0.119 e. The summed E-state index contributed by atoms with van der Waals surface area (Å²) < 4.78 is 16.8. The maximum absolute atomic E-state index is 5.86. The highest BCUT2D eigenvalue weighted by atomic mass is 16.6. The SMILES string of the molecule is CCOC1C(N)CC1OCCOc1ccccc1. The van der Waals surface area contributed by atoms with Crippen LogP contribution in [0.2, 0.25) is 0 Å². The molecular weight excluding hydrogens is 230 g/mol. The first-order chi connectivity index (χ1) is 8.81. The second kappa shape index (κ2) is 6.73. The molecule has 1 aliphatic rings. The van der Waals surface area contributed by atoms with Gasteiger partial charge in [-0.25, -0.2) is 0 Å². The lowest BCUT2D eigenvalue weighted by molar-refractivity contribution is -0.139. The molecule has 0 radical (unpaired) electrons. The molecule has 18 heavy (non-hydrogen) atoms. The minimum Gasteiger partial charge on any atom is -0.491 e. The van der Waals surface area contributed by atoms with Gasteiger partial charge in [-0.2, -0.15) is 0 Å². The van der Waals surface area contributed by atoms with E-state index in [-0.39, 0.29) is 18.2 Å². The van der Waals surface area contributed by atoms with Crippen molar-refractivity contribution in [3.05, 3.63) is 30.3 Å². The van der Waals surface area contributed by atoms with E-state index in [9.17, 15) is 0 Å². The van der Waals surface area contributed by atoms with Gasteiger partial charge in [0.2, 0.25) is 0 Å². The van der Waals surface area contributed by atoms with Crippen LogP contribution < -0.4 is 10.5 Å². The average molecular weight is 251 g/mol. The molecule has 0 amide bonds. The van der Waals surface area contributed by atoms with Gasteiger partial charge in [0.25, 0.3) is 0 Å². The highest BCUT2D eigenvalue weighted by molar-refractivity contribution is 5.20. The van der Waals surface area contributed by atoms with Gasteiger partial charge in [0.15, 0.2) is 0 Å². The molecule has 1 aliphatic carbocycles. The Labute approximate surface area is 108 Å². The van der Waals surface area contributed by atoms with Crippen LogP contribution in [0.3, 0.4) is 0 Å². The topological polar surface area (TPSA) is 53.7 Å². The number of hydrogen-bond donors (Lipinski definition) is 1. The van der Waals surface area contributed by atoms with Crippen LogP contribution in [0.15, 0.2) is 30.3 Å². The highest BCUT2D eigenvalue weighted by Crippen LogP contribution is 2.25. The molecule has 1 fully saturated rings. The first-order valence-electron chi connectivity index (χ1n) is 6.48. The largest absolute Gasteiger partial charge is 0.491 e. The van der Waals surface area contributed by atoms with Crippen molar-refractivity contribution >= 4 is 0 Å². The van der Waals surface area contributed by atoms with Crippen molar-refractivity contribution in [1.29, 1.82) is 0 Å². The van der Waals surface area contributed by atoms with Crippen LogP contribution >= 0.6 is 0 Å². The molecule has 4 nitrogen and oxygen atoms in total. The van der Waals surface area contributed by atoms with Crippen LogP contribution in [0.25, 0.3) is 0 Å². The second-order valence-corrected chi connectivity index (χ2v) is 4.39. The van der Waals surface area contributed by atoms with E-state index in [1.54, 1.807) is 0 Å². The molecule has 1 saturated carbocycles. The van der Waals surface area contributed by atoms with Gasteiger partial charge in [-0.15, -0.1) is 0 Å². The van der Waals surface area contributed by atoms with Gasteiger partial charge in [0.1, 0.15) is 12.4 Å². The Morgan fingerprint density at radius 1 is 1.17 bits per heavy atom. The predicted octanol–water partition coefficient (Wildman–Crippen LogP) is 1.59. The molecule has 100 valence electrons. The van der Waals surface area contributed by atoms with Crippen molar-refractivity contribution in [3.8, 4) is 5.75 Å². The van der Waals surface area contributed by atoms with Gasteiger partial charge in [0.05, 0.1) is 18.8 Å². The van der Waals surface area contributed by atoms with Crippen LogP contribution in [0.1, 0.15) is 13.3 Å². The Morgan fingerprint density at radius 3 is 2.61 bits per heavy atom. The molecule has 0 saturated heterocycles. The van der Waals surface area contributed by atoms with Gasteiger partial charge in [-0.1, -0.05) is 18.2 Å². The Bertz CT molecular complexity index is 344. The van der Waals surface area contributed by atoms with E-state index in [0.717, 1.165) is 12.2 Å². The van der Waals surface area contributed by atoms with E-state index >= 15 is 0 Å². The fraction of sp³-hybridized carbons (Fsp3) is 0.571. The fourth-order valence-corrected chi connectivity index (χ4v) is 2.08. The fourth-order valence-electron chi connectivity index (χ4n) is 2.08. The summed E-state index contributed by atoms with van der Waals surface area (Å²) in [4.78, 5) is 0. The molecule has 3 unspecified atom stereocenters. The van der Waals surface area contributed by atoms with Gasteiger partial charge < -0.3 is 19.9 Å². The van der Waals surface area contributed by atoms with Crippen molar-refractivity contribution in [1.82, 2.24) is 0 Å². The van der Waals surface area contributed by atoms with E-state index in [2.05, 4.69) is 0 Å². The molecule has 2 N–H and O–H groups in total. The van der Waals surface area contributed by atoms with E-state index in [0.29, 0.717) is 19.8 Å². The van der Waals surface area contributed by atoms with E-state index < -0.39 is 0 Å². The number of ether oxygens (including phenoxy) is 3. The zero-order chi connectivity index (χ0) is 12.8.